The highest BCUT2D eigenvalue weighted by Crippen LogP contribution is 2.40. The number of halogens is 2. The van der Waals surface area contributed by atoms with Gasteiger partial charge in [0.15, 0.2) is 5.65 Å². The van der Waals surface area contributed by atoms with Crippen molar-refractivity contribution in [3.8, 4) is 5.88 Å². The van der Waals surface area contributed by atoms with Crippen LogP contribution in [0.15, 0.2) is 12.1 Å². The van der Waals surface area contributed by atoms with E-state index in [1.807, 2.05) is 6.07 Å². The van der Waals surface area contributed by atoms with Crippen molar-refractivity contribution in [1.29, 1.82) is 0 Å². The van der Waals surface area contributed by atoms with Gasteiger partial charge in [-0.25, -0.2) is 13.8 Å². The van der Waals surface area contributed by atoms with Crippen molar-refractivity contribution in [3.05, 3.63) is 18.0 Å². The van der Waals surface area contributed by atoms with E-state index in [0.717, 1.165) is 11.3 Å². The van der Waals surface area contributed by atoms with E-state index < -0.39 is 5.92 Å². The highest BCUT2D eigenvalue weighted by molar-refractivity contribution is 5.71. The molecule has 4 nitrogen and oxygen atoms in total. The number of imidazole rings is 1. The van der Waals surface area contributed by atoms with Gasteiger partial charge in [-0.2, -0.15) is 4.98 Å². The predicted octanol–water partition coefficient (Wildman–Crippen LogP) is 3.26. The average Bonchev–Trinajstić information content (AvgIpc) is 2.81. The third kappa shape index (κ3) is 2.39. The van der Waals surface area contributed by atoms with E-state index in [1.54, 1.807) is 13.2 Å². The molecule has 2 aromatic heterocycles. The molecule has 0 radical (unpaired) electrons. The second-order valence-corrected chi connectivity index (χ2v) is 4.98. The van der Waals surface area contributed by atoms with Crippen LogP contribution in [-0.2, 0) is 0 Å². The Labute approximate surface area is 109 Å². The van der Waals surface area contributed by atoms with Gasteiger partial charge in [-0.15, -0.1) is 0 Å². The van der Waals surface area contributed by atoms with Crippen LogP contribution in [0.2, 0.25) is 0 Å². The highest BCUT2D eigenvalue weighted by Gasteiger charge is 2.36. The smallest absolute Gasteiger partial charge is 0.248 e. The first-order chi connectivity index (χ1) is 9.07. The molecule has 1 fully saturated rings. The maximum absolute atomic E-state index is 13.1. The van der Waals surface area contributed by atoms with Crippen LogP contribution in [-0.4, -0.2) is 28.0 Å². The standard InChI is InChI=1S/C13H15F2N3O/c1-19-10-3-2-9-12(17-10)18-11(16-9)8-4-6-13(14,15)7-5-8/h2-3,8H,4-7H2,1H3,(H,16,17,18). The first-order valence-corrected chi connectivity index (χ1v) is 6.36. The number of alkyl halides is 2. The number of pyridine rings is 1. The van der Waals surface area contributed by atoms with E-state index in [4.69, 9.17) is 4.74 Å². The highest BCUT2D eigenvalue weighted by atomic mass is 19.3. The summed E-state index contributed by atoms with van der Waals surface area (Å²) >= 11 is 0. The summed E-state index contributed by atoms with van der Waals surface area (Å²) in [5.74, 6) is -1.18. The molecule has 2 aromatic rings. The molecular weight excluding hydrogens is 252 g/mol. The van der Waals surface area contributed by atoms with Crippen molar-refractivity contribution in [2.45, 2.75) is 37.5 Å². The quantitative estimate of drug-likeness (QED) is 0.908. The number of methoxy groups -OCH3 is 1. The lowest BCUT2D eigenvalue weighted by molar-refractivity contribution is -0.0387. The minimum absolute atomic E-state index is 0.0640. The minimum Gasteiger partial charge on any atom is -0.481 e. The molecule has 0 spiro atoms. The van der Waals surface area contributed by atoms with Crippen LogP contribution in [0.3, 0.4) is 0 Å². The largest absolute Gasteiger partial charge is 0.481 e. The second-order valence-electron chi connectivity index (χ2n) is 4.98. The number of hydrogen-bond donors (Lipinski definition) is 1. The van der Waals surface area contributed by atoms with E-state index in [1.165, 1.54) is 0 Å². The van der Waals surface area contributed by atoms with Gasteiger partial charge in [-0.05, 0) is 18.9 Å². The molecule has 19 heavy (non-hydrogen) atoms. The molecule has 0 aromatic carbocycles. The van der Waals surface area contributed by atoms with E-state index >= 15 is 0 Å². The number of fused-ring (bicyclic) bond motifs is 1. The van der Waals surface area contributed by atoms with Crippen molar-refractivity contribution in [2.24, 2.45) is 0 Å². The number of rotatable bonds is 2. The fourth-order valence-electron chi connectivity index (χ4n) is 2.51. The SMILES string of the molecule is COc1ccc2[nH]c(C3CCC(F)(F)CC3)nc2n1. The molecule has 0 amide bonds. The van der Waals surface area contributed by atoms with Gasteiger partial charge in [-0.3, -0.25) is 0 Å². The molecule has 1 saturated carbocycles. The van der Waals surface area contributed by atoms with Crippen LogP contribution in [0.5, 0.6) is 5.88 Å². The summed E-state index contributed by atoms with van der Waals surface area (Å²) in [6.45, 7) is 0. The van der Waals surface area contributed by atoms with E-state index in [9.17, 15) is 8.78 Å². The Kier molecular flexibility index (Phi) is 2.88. The molecule has 1 aliphatic carbocycles. The normalized spacial score (nSPS) is 19.7. The van der Waals surface area contributed by atoms with Gasteiger partial charge in [0.25, 0.3) is 0 Å². The summed E-state index contributed by atoms with van der Waals surface area (Å²) < 4.78 is 31.3. The summed E-state index contributed by atoms with van der Waals surface area (Å²) in [4.78, 5) is 11.8. The van der Waals surface area contributed by atoms with Crippen LogP contribution in [0.25, 0.3) is 11.2 Å². The van der Waals surface area contributed by atoms with E-state index in [-0.39, 0.29) is 18.8 Å². The van der Waals surface area contributed by atoms with Crippen LogP contribution in [0, 0.1) is 0 Å². The first-order valence-electron chi connectivity index (χ1n) is 6.36. The lowest BCUT2D eigenvalue weighted by Gasteiger charge is -2.26. The fraction of sp³-hybridized carbons (Fsp3) is 0.538. The number of aromatic amines is 1. The van der Waals surface area contributed by atoms with Gasteiger partial charge in [0.05, 0.1) is 12.6 Å². The van der Waals surface area contributed by atoms with Gasteiger partial charge in [0.1, 0.15) is 5.82 Å². The number of hydrogen-bond acceptors (Lipinski definition) is 3. The zero-order valence-corrected chi connectivity index (χ0v) is 10.6. The molecule has 1 aliphatic rings. The second kappa shape index (κ2) is 4.43. The molecule has 0 saturated heterocycles. The Morgan fingerprint density at radius 1 is 1.26 bits per heavy atom. The first kappa shape index (κ1) is 12.3. The minimum atomic E-state index is -2.51. The molecule has 3 rings (SSSR count). The summed E-state index contributed by atoms with van der Waals surface area (Å²) in [6.07, 6.45) is 0.796. The van der Waals surface area contributed by atoms with Gasteiger partial charge >= 0.3 is 0 Å². The Morgan fingerprint density at radius 2 is 2.00 bits per heavy atom. The van der Waals surface area contributed by atoms with Crippen molar-refractivity contribution in [2.75, 3.05) is 7.11 Å². The zero-order chi connectivity index (χ0) is 13.5. The lowest BCUT2D eigenvalue weighted by Crippen LogP contribution is -2.24. The van der Waals surface area contributed by atoms with Crippen LogP contribution in [0.4, 0.5) is 8.78 Å². The van der Waals surface area contributed by atoms with Gasteiger partial charge < -0.3 is 9.72 Å². The molecule has 0 atom stereocenters. The summed E-state index contributed by atoms with van der Waals surface area (Å²) in [5, 5.41) is 0. The van der Waals surface area contributed by atoms with Gasteiger partial charge in [-0.1, -0.05) is 0 Å². The molecule has 0 unspecified atom stereocenters. The van der Waals surface area contributed by atoms with E-state index in [2.05, 4.69) is 15.0 Å². The fourth-order valence-corrected chi connectivity index (χ4v) is 2.51. The molecule has 6 heteroatoms. The van der Waals surface area contributed by atoms with Crippen molar-refractivity contribution in [1.82, 2.24) is 15.0 Å². The van der Waals surface area contributed by atoms with Crippen LogP contribution >= 0.6 is 0 Å². The molecule has 1 N–H and O–H groups in total. The summed E-state index contributed by atoms with van der Waals surface area (Å²) in [5.41, 5.74) is 1.39. The maximum atomic E-state index is 13.1. The van der Waals surface area contributed by atoms with Gasteiger partial charge in [0.2, 0.25) is 11.8 Å². The van der Waals surface area contributed by atoms with Crippen molar-refractivity contribution >= 4 is 11.2 Å². The number of ether oxygens (including phenoxy) is 1. The molecular formula is C13H15F2N3O. The monoisotopic (exact) mass is 267 g/mol. The van der Waals surface area contributed by atoms with Crippen LogP contribution < -0.4 is 4.74 Å². The molecule has 0 bridgehead atoms. The molecule has 0 aliphatic heterocycles. The lowest BCUT2D eigenvalue weighted by atomic mass is 9.86. The predicted molar refractivity (Wildman–Crippen MR) is 66.6 cm³/mol. The number of aromatic nitrogens is 3. The molecule has 102 valence electrons. The Morgan fingerprint density at radius 3 is 2.68 bits per heavy atom. The topological polar surface area (TPSA) is 50.8 Å². The third-order valence-corrected chi connectivity index (χ3v) is 3.65. The number of nitrogens with zero attached hydrogens (tertiary/aromatic N) is 2. The van der Waals surface area contributed by atoms with Crippen molar-refractivity contribution < 1.29 is 13.5 Å². The van der Waals surface area contributed by atoms with E-state index in [0.29, 0.717) is 24.4 Å². The number of H-pyrrole nitrogens is 1. The van der Waals surface area contributed by atoms with Gasteiger partial charge in [0, 0.05) is 24.8 Å². The Bertz CT molecular complexity index is 587. The Balaban J connectivity index is 1.85. The third-order valence-electron chi connectivity index (χ3n) is 3.65. The van der Waals surface area contributed by atoms with Crippen molar-refractivity contribution in [3.63, 3.8) is 0 Å². The number of nitrogens with one attached hydrogen (secondary N) is 1. The summed E-state index contributed by atoms with van der Waals surface area (Å²) in [6, 6.07) is 3.59. The average molecular weight is 267 g/mol. The van der Waals surface area contributed by atoms with Crippen LogP contribution in [0.1, 0.15) is 37.4 Å². The summed E-state index contributed by atoms with van der Waals surface area (Å²) in [7, 11) is 1.55. The maximum Gasteiger partial charge on any atom is 0.248 e. The zero-order valence-electron chi connectivity index (χ0n) is 10.6. The molecule has 2 heterocycles. The Hall–Kier alpha value is -1.72.